The molecule has 0 atom stereocenters. The number of carbonyl (C=O) groups is 1. The predicted octanol–water partition coefficient (Wildman–Crippen LogP) is 4.90. The van der Waals surface area contributed by atoms with Gasteiger partial charge < -0.3 is 14.5 Å². The van der Waals surface area contributed by atoms with Crippen molar-refractivity contribution in [2.24, 2.45) is 5.92 Å². The quantitative estimate of drug-likeness (QED) is 0.696. The van der Waals surface area contributed by atoms with Gasteiger partial charge in [-0.25, -0.2) is 9.78 Å². The van der Waals surface area contributed by atoms with Gasteiger partial charge in [0.15, 0.2) is 0 Å². The highest BCUT2D eigenvalue weighted by atomic mass is 16.6. The van der Waals surface area contributed by atoms with Crippen LogP contribution in [0.15, 0.2) is 24.4 Å². The molecule has 172 valence electrons. The highest BCUT2D eigenvalue weighted by molar-refractivity contribution is 5.68. The Morgan fingerprint density at radius 3 is 2.10 bits per heavy atom. The fraction of sp³-hybridized carbons (Fsp3) is 0.750. The fourth-order valence-corrected chi connectivity index (χ4v) is 3.69. The molecule has 0 radical (unpaired) electrons. The lowest BCUT2D eigenvalue weighted by atomic mass is 9.96. The molecule has 0 spiro atoms. The smallest absolute Gasteiger partial charge is 0.410 e. The van der Waals surface area contributed by atoms with E-state index in [0.29, 0.717) is 5.92 Å². The highest BCUT2D eigenvalue weighted by Crippen LogP contribution is 2.22. The van der Waals surface area contributed by atoms with Crippen LogP contribution in [0.2, 0.25) is 0 Å². The first kappa shape index (κ1) is 26.2. The van der Waals surface area contributed by atoms with Crippen molar-refractivity contribution < 1.29 is 9.53 Å². The fourth-order valence-electron chi connectivity index (χ4n) is 3.69. The van der Waals surface area contributed by atoms with Gasteiger partial charge in [-0.05, 0) is 51.7 Å². The molecule has 1 aromatic heterocycles. The Morgan fingerprint density at radius 1 is 1.00 bits per heavy atom. The van der Waals surface area contributed by atoms with Gasteiger partial charge in [-0.3, -0.25) is 4.90 Å². The van der Waals surface area contributed by atoms with Gasteiger partial charge in [0.25, 0.3) is 0 Å². The third-order valence-electron chi connectivity index (χ3n) is 5.13. The molecule has 2 aliphatic rings. The van der Waals surface area contributed by atoms with Gasteiger partial charge >= 0.3 is 6.09 Å². The molecule has 3 heterocycles. The third kappa shape index (κ3) is 8.90. The minimum absolute atomic E-state index is 0.167. The lowest BCUT2D eigenvalue weighted by molar-refractivity contribution is 0.0169. The molecule has 6 heteroatoms. The van der Waals surface area contributed by atoms with E-state index in [1.807, 2.05) is 71.7 Å². The number of rotatable bonds is 3. The van der Waals surface area contributed by atoms with E-state index in [-0.39, 0.29) is 6.09 Å². The summed E-state index contributed by atoms with van der Waals surface area (Å²) < 4.78 is 5.48. The SMILES string of the molecule is CC.CC.CC(C)(C)OC(=O)N1CCC(CN2CCN(c3ccccn3)CC2)CC1. The van der Waals surface area contributed by atoms with Crippen LogP contribution in [0.5, 0.6) is 0 Å². The van der Waals surface area contributed by atoms with Crippen LogP contribution in [0.1, 0.15) is 61.3 Å². The largest absolute Gasteiger partial charge is 0.444 e. The van der Waals surface area contributed by atoms with E-state index in [1.165, 1.54) is 0 Å². The maximum absolute atomic E-state index is 12.2. The minimum Gasteiger partial charge on any atom is -0.444 e. The van der Waals surface area contributed by atoms with Crippen molar-refractivity contribution in [2.45, 2.75) is 66.9 Å². The molecule has 0 aromatic carbocycles. The van der Waals surface area contributed by atoms with Gasteiger partial charge in [0.2, 0.25) is 0 Å². The van der Waals surface area contributed by atoms with Crippen LogP contribution in [0.25, 0.3) is 0 Å². The number of piperidine rings is 1. The summed E-state index contributed by atoms with van der Waals surface area (Å²) in [6.45, 7) is 20.8. The van der Waals surface area contributed by atoms with Crippen LogP contribution in [-0.2, 0) is 4.74 Å². The molecule has 3 rings (SSSR count). The van der Waals surface area contributed by atoms with Crippen LogP contribution in [0.3, 0.4) is 0 Å². The van der Waals surface area contributed by atoms with Crippen LogP contribution >= 0.6 is 0 Å². The summed E-state index contributed by atoms with van der Waals surface area (Å²) in [4.78, 5) is 23.4. The zero-order chi connectivity index (χ0) is 22.6. The molecule has 0 saturated carbocycles. The molecule has 0 bridgehead atoms. The van der Waals surface area contributed by atoms with E-state index in [1.54, 1.807) is 0 Å². The van der Waals surface area contributed by atoms with Crippen LogP contribution < -0.4 is 4.90 Å². The summed E-state index contributed by atoms with van der Waals surface area (Å²) in [5.41, 5.74) is -0.415. The Bertz CT molecular complexity index is 573. The van der Waals surface area contributed by atoms with Crippen molar-refractivity contribution in [1.29, 1.82) is 0 Å². The van der Waals surface area contributed by atoms with Gasteiger partial charge in [0.05, 0.1) is 0 Å². The molecule has 0 unspecified atom stereocenters. The van der Waals surface area contributed by atoms with E-state index < -0.39 is 5.60 Å². The van der Waals surface area contributed by atoms with Gasteiger partial charge in [-0.2, -0.15) is 0 Å². The number of aromatic nitrogens is 1. The molecule has 0 N–H and O–H groups in total. The van der Waals surface area contributed by atoms with Crippen molar-refractivity contribution in [3.8, 4) is 0 Å². The van der Waals surface area contributed by atoms with Crippen LogP contribution in [-0.4, -0.2) is 72.3 Å². The minimum atomic E-state index is -0.415. The number of nitrogens with zero attached hydrogens (tertiary/aromatic N) is 4. The summed E-state index contributed by atoms with van der Waals surface area (Å²) in [6.07, 6.45) is 3.83. The van der Waals surface area contributed by atoms with Crippen molar-refractivity contribution in [1.82, 2.24) is 14.8 Å². The first-order valence-corrected chi connectivity index (χ1v) is 11.8. The standard InChI is InChI=1S/C20H32N4O2.2C2H6/c1-20(2,3)26-19(25)24-10-7-17(8-11-24)16-22-12-14-23(15-13-22)18-6-4-5-9-21-18;2*1-2/h4-6,9,17H,7-8,10-16H2,1-3H3;2*1-2H3. The van der Waals surface area contributed by atoms with E-state index in [2.05, 4.69) is 20.9 Å². The van der Waals surface area contributed by atoms with Gasteiger partial charge in [0, 0.05) is 52.0 Å². The number of carbonyl (C=O) groups excluding carboxylic acids is 1. The molecular formula is C24H44N4O2. The van der Waals surface area contributed by atoms with E-state index in [9.17, 15) is 4.79 Å². The number of anilines is 1. The molecule has 1 amide bonds. The Hall–Kier alpha value is -1.82. The number of amides is 1. The van der Waals surface area contributed by atoms with Crippen molar-refractivity contribution in [3.63, 3.8) is 0 Å². The molecule has 2 saturated heterocycles. The average molecular weight is 421 g/mol. The normalized spacial score (nSPS) is 18.0. The molecule has 0 aliphatic carbocycles. The molecule has 6 nitrogen and oxygen atoms in total. The average Bonchev–Trinajstić information content (AvgIpc) is 2.77. The summed E-state index contributed by atoms with van der Waals surface area (Å²) >= 11 is 0. The van der Waals surface area contributed by atoms with Crippen molar-refractivity contribution in [3.05, 3.63) is 24.4 Å². The summed E-state index contributed by atoms with van der Waals surface area (Å²) in [5, 5.41) is 0. The molecule has 2 aliphatic heterocycles. The lowest BCUT2D eigenvalue weighted by Crippen LogP contribution is -2.49. The predicted molar refractivity (Wildman–Crippen MR) is 126 cm³/mol. The van der Waals surface area contributed by atoms with Crippen molar-refractivity contribution >= 4 is 11.9 Å². The summed E-state index contributed by atoms with van der Waals surface area (Å²) in [5.74, 6) is 1.76. The Morgan fingerprint density at radius 2 is 1.60 bits per heavy atom. The summed E-state index contributed by atoms with van der Waals surface area (Å²) in [7, 11) is 0. The van der Waals surface area contributed by atoms with Crippen molar-refractivity contribution in [2.75, 3.05) is 50.7 Å². The summed E-state index contributed by atoms with van der Waals surface area (Å²) in [6, 6.07) is 6.10. The number of hydrogen-bond acceptors (Lipinski definition) is 5. The number of piperazine rings is 1. The van der Waals surface area contributed by atoms with Gasteiger partial charge in [-0.15, -0.1) is 0 Å². The Labute approximate surface area is 184 Å². The Kier molecular flexibility index (Phi) is 11.8. The molecule has 2 fully saturated rings. The monoisotopic (exact) mass is 420 g/mol. The van der Waals surface area contributed by atoms with E-state index >= 15 is 0 Å². The first-order chi connectivity index (χ1) is 14.4. The maximum atomic E-state index is 12.2. The molecule has 30 heavy (non-hydrogen) atoms. The van der Waals surface area contributed by atoms with Gasteiger partial charge in [-0.1, -0.05) is 33.8 Å². The maximum Gasteiger partial charge on any atom is 0.410 e. The van der Waals surface area contributed by atoms with E-state index in [4.69, 9.17) is 4.74 Å². The third-order valence-corrected chi connectivity index (χ3v) is 5.13. The highest BCUT2D eigenvalue weighted by Gasteiger charge is 2.28. The molecule has 1 aromatic rings. The number of ether oxygens (including phenoxy) is 1. The topological polar surface area (TPSA) is 48.9 Å². The second-order valence-corrected chi connectivity index (χ2v) is 8.39. The number of hydrogen-bond donors (Lipinski definition) is 0. The zero-order valence-corrected chi connectivity index (χ0v) is 20.4. The Balaban J connectivity index is 0.00000106. The van der Waals surface area contributed by atoms with Crippen LogP contribution in [0.4, 0.5) is 10.6 Å². The van der Waals surface area contributed by atoms with E-state index in [0.717, 1.165) is 64.5 Å². The lowest BCUT2D eigenvalue weighted by Gasteiger charge is -2.39. The van der Waals surface area contributed by atoms with Crippen LogP contribution in [0, 0.1) is 5.92 Å². The molecular weight excluding hydrogens is 376 g/mol. The second kappa shape index (κ2) is 13.5. The second-order valence-electron chi connectivity index (χ2n) is 8.39. The first-order valence-electron chi connectivity index (χ1n) is 11.8. The number of likely N-dealkylation sites (tertiary alicyclic amines) is 1. The number of pyridine rings is 1. The van der Waals surface area contributed by atoms with Gasteiger partial charge in [0.1, 0.15) is 11.4 Å². The zero-order valence-electron chi connectivity index (χ0n) is 20.4.